The molecule has 0 fully saturated rings. The molecule has 3 rings (SSSR count). The number of amides is 2. The summed E-state index contributed by atoms with van der Waals surface area (Å²) in [5.74, 6) is -1.53. The molecule has 37 heavy (non-hydrogen) atoms. The summed E-state index contributed by atoms with van der Waals surface area (Å²) < 4.78 is 11.2. The molecule has 3 atom stereocenters. The second kappa shape index (κ2) is 14.9. The number of methoxy groups -OCH3 is 1. The minimum Gasteiger partial charge on any atom is -0.455 e. The summed E-state index contributed by atoms with van der Waals surface area (Å²) in [5, 5.41) is 12.5. The van der Waals surface area contributed by atoms with Crippen LogP contribution < -0.4 is 5.32 Å². The lowest BCUT2D eigenvalue weighted by Crippen LogP contribution is -2.47. The number of ether oxygens (including phenoxy) is 2. The molecule has 1 heterocycles. The Morgan fingerprint density at radius 1 is 1.08 bits per heavy atom. The van der Waals surface area contributed by atoms with E-state index in [0.717, 1.165) is 11.1 Å². The van der Waals surface area contributed by atoms with Crippen LogP contribution in [0.25, 0.3) is 0 Å². The Bertz CT molecular complexity index is 1030. The lowest BCUT2D eigenvalue weighted by atomic mass is 9.96. The number of nitrogens with zero attached hydrogens (tertiary/aromatic N) is 1. The highest BCUT2D eigenvalue weighted by Crippen LogP contribution is 2.25. The summed E-state index contributed by atoms with van der Waals surface area (Å²) >= 11 is 0. The van der Waals surface area contributed by atoms with Gasteiger partial charge in [-0.3, -0.25) is 14.4 Å². The summed E-state index contributed by atoms with van der Waals surface area (Å²) in [7, 11) is 1.52. The lowest BCUT2D eigenvalue weighted by molar-refractivity contribution is -0.153. The molecule has 198 valence electrons. The number of hydrogen-bond acceptors (Lipinski definition) is 6. The number of benzene rings is 2. The van der Waals surface area contributed by atoms with Crippen molar-refractivity contribution in [1.29, 1.82) is 0 Å². The van der Waals surface area contributed by atoms with Gasteiger partial charge in [-0.2, -0.15) is 0 Å². The van der Waals surface area contributed by atoms with Gasteiger partial charge in [0.25, 0.3) is 0 Å². The first-order valence-electron chi connectivity index (χ1n) is 12.6. The summed E-state index contributed by atoms with van der Waals surface area (Å²) in [5.41, 5.74) is 1.69. The quantitative estimate of drug-likeness (QED) is 0.398. The molecule has 8 nitrogen and oxygen atoms in total. The van der Waals surface area contributed by atoms with Crippen molar-refractivity contribution in [3.63, 3.8) is 0 Å². The van der Waals surface area contributed by atoms with E-state index in [2.05, 4.69) is 5.32 Å². The highest BCUT2D eigenvalue weighted by Gasteiger charge is 2.32. The van der Waals surface area contributed by atoms with Crippen molar-refractivity contribution in [2.24, 2.45) is 5.92 Å². The molecule has 1 aliphatic rings. The maximum atomic E-state index is 13.5. The molecule has 0 saturated heterocycles. The molecule has 0 unspecified atom stereocenters. The van der Waals surface area contributed by atoms with Crippen molar-refractivity contribution in [3.8, 4) is 0 Å². The molecule has 2 aromatic carbocycles. The number of carbonyl (C=O) groups excluding carboxylic acids is 3. The number of rotatable bonds is 9. The summed E-state index contributed by atoms with van der Waals surface area (Å²) in [4.78, 5) is 40.9. The van der Waals surface area contributed by atoms with Crippen molar-refractivity contribution < 1.29 is 29.0 Å². The smallest absolute Gasteiger partial charge is 0.306 e. The van der Waals surface area contributed by atoms with E-state index in [1.165, 1.54) is 7.11 Å². The van der Waals surface area contributed by atoms with Gasteiger partial charge in [0.2, 0.25) is 11.8 Å². The molecule has 1 aliphatic heterocycles. The number of carbonyl (C=O) groups is 3. The van der Waals surface area contributed by atoms with Gasteiger partial charge in [0.15, 0.2) is 0 Å². The van der Waals surface area contributed by atoms with Gasteiger partial charge < -0.3 is 24.8 Å². The third kappa shape index (κ3) is 8.84. The van der Waals surface area contributed by atoms with Crippen molar-refractivity contribution in [2.75, 3.05) is 26.9 Å². The zero-order valence-electron chi connectivity index (χ0n) is 21.3. The van der Waals surface area contributed by atoms with Crippen LogP contribution in [0.1, 0.15) is 42.9 Å². The Hall–Kier alpha value is -3.49. The maximum absolute atomic E-state index is 13.5. The van der Waals surface area contributed by atoms with E-state index in [9.17, 15) is 19.5 Å². The van der Waals surface area contributed by atoms with Gasteiger partial charge in [-0.15, -0.1) is 0 Å². The average Bonchev–Trinajstić information content (AvgIpc) is 2.90. The SMILES string of the molecule is COC[C@@H]1NC(=O)[C@@H](CC(=O)N(CCO)Cc2ccccc2)CC=CCCC(=O)O[C@H]1c1ccccc1. The predicted molar refractivity (Wildman–Crippen MR) is 139 cm³/mol. The number of allylic oxidation sites excluding steroid dienone is 2. The molecule has 0 bridgehead atoms. The van der Waals surface area contributed by atoms with Crippen LogP contribution in [0.15, 0.2) is 72.8 Å². The van der Waals surface area contributed by atoms with Gasteiger partial charge in [-0.1, -0.05) is 72.8 Å². The monoisotopic (exact) mass is 508 g/mol. The van der Waals surface area contributed by atoms with Crippen LogP contribution in [0.4, 0.5) is 0 Å². The van der Waals surface area contributed by atoms with Gasteiger partial charge in [-0.05, 0) is 24.0 Å². The number of cyclic esters (lactones) is 1. The fourth-order valence-corrected chi connectivity index (χ4v) is 4.33. The molecule has 0 aromatic heterocycles. The normalized spacial score (nSPS) is 20.8. The summed E-state index contributed by atoms with van der Waals surface area (Å²) in [6.07, 6.45) is 3.95. The average molecular weight is 509 g/mol. The van der Waals surface area contributed by atoms with Gasteiger partial charge in [-0.25, -0.2) is 0 Å². The van der Waals surface area contributed by atoms with Gasteiger partial charge in [0, 0.05) is 33.0 Å². The van der Waals surface area contributed by atoms with E-state index in [1.54, 1.807) is 4.90 Å². The van der Waals surface area contributed by atoms with Crippen molar-refractivity contribution in [1.82, 2.24) is 10.2 Å². The second-order valence-corrected chi connectivity index (χ2v) is 9.06. The fourth-order valence-electron chi connectivity index (χ4n) is 4.33. The first-order valence-corrected chi connectivity index (χ1v) is 12.6. The minimum atomic E-state index is -0.735. The molecule has 0 aliphatic carbocycles. The fraction of sp³-hybridized carbons (Fsp3) is 0.414. The first kappa shape index (κ1) is 28.1. The highest BCUT2D eigenvalue weighted by atomic mass is 16.5. The van der Waals surface area contributed by atoms with Gasteiger partial charge >= 0.3 is 5.97 Å². The Labute approximate surface area is 218 Å². The second-order valence-electron chi connectivity index (χ2n) is 9.06. The molecule has 2 N–H and O–H groups in total. The van der Waals surface area contributed by atoms with E-state index in [0.29, 0.717) is 19.4 Å². The predicted octanol–water partition coefficient (Wildman–Crippen LogP) is 3.17. The van der Waals surface area contributed by atoms with E-state index in [4.69, 9.17) is 9.47 Å². The van der Waals surface area contributed by atoms with Crippen LogP contribution in [0.2, 0.25) is 0 Å². The van der Waals surface area contributed by atoms with Crippen LogP contribution in [-0.2, 0) is 30.4 Å². The molecule has 0 radical (unpaired) electrons. The van der Waals surface area contributed by atoms with Crippen LogP contribution >= 0.6 is 0 Å². The molecular weight excluding hydrogens is 472 g/mol. The van der Waals surface area contributed by atoms with Crippen LogP contribution in [0, 0.1) is 5.92 Å². The molecular formula is C29H36N2O6. The molecule has 8 heteroatoms. The number of hydrogen-bond donors (Lipinski definition) is 2. The lowest BCUT2D eigenvalue weighted by Gasteiger charge is -2.30. The van der Waals surface area contributed by atoms with Gasteiger partial charge in [0.05, 0.1) is 25.2 Å². The number of aliphatic hydroxyl groups is 1. The van der Waals surface area contributed by atoms with Crippen LogP contribution in [-0.4, -0.2) is 60.7 Å². The Morgan fingerprint density at radius 3 is 2.46 bits per heavy atom. The van der Waals surface area contributed by atoms with E-state index in [1.807, 2.05) is 72.8 Å². The van der Waals surface area contributed by atoms with Gasteiger partial charge in [0.1, 0.15) is 6.10 Å². The number of aliphatic hydroxyl groups excluding tert-OH is 1. The van der Waals surface area contributed by atoms with Crippen molar-refractivity contribution in [2.45, 2.75) is 44.4 Å². The zero-order valence-corrected chi connectivity index (χ0v) is 21.3. The van der Waals surface area contributed by atoms with E-state index >= 15 is 0 Å². The van der Waals surface area contributed by atoms with Crippen LogP contribution in [0.5, 0.6) is 0 Å². The van der Waals surface area contributed by atoms with Crippen LogP contribution in [0.3, 0.4) is 0 Å². The molecule has 0 saturated carbocycles. The van der Waals surface area contributed by atoms with E-state index in [-0.39, 0.29) is 50.4 Å². The summed E-state index contributed by atoms with van der Waals surface area (Å²) in [6.45, 7) is 0.480. The Morgan fingerprint density at radius 2 is 1.78 bits per heavy atom. The molecule has 0 spiro atoms. The maximum Gasteiger partial charge on any atom is 0.306 e. The first-order chi connectivity index (χ1) is 18.0. The minimum absolute atomic E-state index is 0.0154. The third-order valence-corrected chi connectivity index (χ3v) is 6.26. The third-order valence-electron chi connectivity index (χ3n) is 6.26. The van der Waals surface area contributed by atoms with E-state index < -0.39 is 18.1 Å². The van der Waals surface area contributed by atoms with Crippen molar-refractivity contribution in [3.05, 3.63) is 83.9 Å². The standard InChI is InChI=1S/C29H36N2O6/c1-36-21-25-28(23-13-7-3-8-14-23)37-27(34)16-10-4-9-15-24(29(35)30-25)19-26(33)31(17-18-32)20-22-11-5-2-6-12-22/h2-9,11-14,24-25,28,32H,10,15-21H2,1H3,(H,30,35)/t24-,25+,28+/m1/s1. The summed E-state index contributed by atoms with van der Waals surface area (Å²) in [6, 6.07) is 18.1. The molecule has 2 aromatic rings. The Kier molecular flexibility index (Phi) is 11.3. The topological polar surface area (TPSA) is 105 Å². The largest absolute Gasteiger partial charge is 0.455 e. The molecule has 2 amide bonds. The highest BCUT2D eigenvalue weighted by molar-refractivity contribution is 5.86. The number of esters is 1. The Balaban J connectivity index is 1.82. The van der Waals surface area contributed by atoms with Crippen molar-refractivity contribution >= 4 is 17.8 Å². The zero-order chi connectivity index (χ0) is 26.5. The number of nitrogens with one attached hydrogen (secondary N) is 1.